The van der Waals surface area contributed by atoms with Crippen molar-refractivity contribution >= 4 is 40.5 Å². The summed E-state index contributed by atoms with van der Waals surface area (Å²) in [6.45, 7) is 5.97. The number of carbonyl (C=O) groups excluding carboxylic acids is 3. The summed E-state index contributed by atoms with van der Waals surface area (Å²) in [5.74, 6) is -0.138. The van der Waals surface area contributed by atoms with Gasteiger partial charge in [0.2, 0.25) is 0 Å². The number of ether oxygens (including phenoxy) is 1. The quantitative estimate of drug-likeness (QED) is 0.250. The summed E-state index contributed by atoms with van der Waals surface area (Å²) >= 11 is 0.837. The second kappa shape index (κ2) is 11.7. The SMILES string of the molecule is CCN(CC)c1ccc(/C=C2/SC(=O)N(CC(=O)c3ccccc3)C2=O)c(OCc2ccccc2)c1. The van der Waals surface area contributed by atoms with Gasteiger partial charge in [0.15, 0.2) is 5.78 Å². The summed E-state index contributed by atoms with van der Waals surface area (Å²) in [6, 6.07) is 24.3. The molecule has 4 rings (SSSR count). The third-order valence-corrected chi connectivity index (χ3v) is 6.83. The van der Waals surface area contributed by atoms with Crippen molar-refractivity contribution in [3.05, 3.63) is 100 Å². The second-order valence-corrected chi connectivity index (χ2v) is 9.22. The lowest BCUT2D eigenvalue weighted by molar-refractivity contribution is -0.122. The van der Waals surface area contributed by atoms with Crippen LogP contribution in [0.1, 0.15) is 35.3 Å². The third-order valence-electron chi connectivity index (χ3n) is 5.92. The molecule has 0 unspecified atom stereocenters. The number of hydrogen-bond acceptors (Lipinski definition) is 6. The van der Waals surface area contributed by atoms with E-state index in [1.165, 1.54) is 0 Å². The molecule has 1 heterocycles. The molecular weight excluding hydrogens is 472 g/mol. The van der Waals surface area contributed by atoms with E-state index in [1.807, 2.05) is 54.6 Å². The fraction of sp³-hybridized carbons (Fsp3) is 0.207. The monoisotopic (exact) mass is 500 g/mol. The molecule has 0 spiro atoms. The molecule has 184 valence electrons. The lowest BCUT2D eigenvalue weighted by Gasteiger charge is -2.22. The Bertz CT molecular complexity index is 1270. The summed E-state index contributed by atoms with van der Waals surface area (Å²) in [7, 11) is 0. The van der Waals surface area contributed by atoms with Gasteiger partial charge >= 0.3 is 0 Å². The summed E-state index contributed by atoms with van der Waals surface area (Å²) in [4.78, 5) is 41.7. The Labute approximate surface area is 215 Å². The van der Waals surface area contributed by atoms with Crippen molar-refractivity contribution in [1.29, 1.82) is 0 Å². The summed E-state index contributed by atoms with van der Waals surface area (Å²) < 4.78 is 6.18. The Morgan fingerprint density at radius 2 is 1.61 bits per heavy atom. The van der Waals surface area contributed by atoms with E-state index in [4.69, 9.17) is 4.74 Å². The molecule has 3 aromatic rings. The maximum Gasteiger partial charge on any atom is 0.293 e. The maximum atomic E-state index is 13.1. The molecule has 1 fully saturated rings. The minimum Gasteiger partial charge on any atom is -0.488 e. The van der Waals surface area contributed by atoms with Crippen molar-refractivity contribution in [3.8, 4) is 5.75 Å². The first kappa shape index (κ1) is 25.3. The molecule has 3 aromatic carbocycles. The van der Waals surface area contributed by atoms with E-state index >= 15 is 0 Å². The van der Waals surface area contributed by atoms with Gasteiger partial charge < -0.3 is 9.64 Å². The van der Waals surface area contributed by atoms with Crippen LogP contribution in [0.5, 0.6) is 5.75 Å². The van der Waals surface area contributed by atoms with Crippen molar-refractivity contribution in [1.82, 2.24) is 4.90 Å². The summed E-state index contributed by atoms with van der Waals surface area (Å²) in [5, 5.41) is -0.456. The number of rotatable bonds is 10. The Morgan fingerprint density at radius 3 is 2.28 bits per heavy atom. The van der Waals surface area contributed by atoms with Gasteiger partial charge in [0.25, 0.3) is 11.1 Å². The Morgan fingerprint density at radius 1 is 0.944 bits per heavy atom. The molecule has 1 saturated heterocycles. The highest BCUT2D eigenvalue weighted by Gasteiger charge is 2.36. The number of ketones is 1. The van der Waals surface area contributed by atoms with Crippen LogP contribution in [-0.4, -0.2) is 41.5 Å². The molecule has 0 N–H and O–H groups in total. The van der Waals surface area contributed by atoms with Crippen LogP contribution in [0.4, 0.5) is 10.5 Å². The van der Waals surface area contributed by atoms with Crippen LogP contribution in [-0.2, 0) is 11.4 Å². The predicted octanol–water partition coefficient (Wildman–Crippen LogP) is 6.03. The van der Waals surface area contributed by atoms with E-state index in [1.54, 1.807) is 30.3 Å². The minimum absolute atomic E-state index is 0.265. The largest absolute Gasteiger partial charge is 0.488 e. The highest BCUT2D eigenvalue weighted by atomic mass is 32.2. The molecule has 0 aromatic heterocycles. The number of imide groups is 1. The van der Waals surface area contributed by atoms with E-state index in [2.05, 4.69) is 18.7 Å². The van der Waals surface area contributed by atoms with Crippen LogP contribution >= 0.6 is 11.8 Å². The number of anilines is 1. The van der Waals surface area contributed by atoms with Gasteiger partial charge in [-0.2, -0.15) is 0 Å². The molecule has 0 bridgehead atoms. The van der Waals surface area contributed by atoms with Gasteiger partial charge in [-0.05, 0) is 49.4 Å². The Balaban J connectivity index is 1.59. The number of hydrogen-bond donors (Lipinski definition) is 0. The smallest absolute Gasteiger partial charge is 0.293 e. The molecule has 7 heteroatoms. The van der Waals surface area contributed by atoms with Gasteiger partial charge in [0, 0.05) is 36.0 Å². The second-order valence-electron chi connectivity index (χ2n) is 8.23. The van der Waals surface area contributed by atoms with E-state index < -0.39 is 11.1 Å². The van der Waals surface area contributed by atoms with E-state index in [0.717, 1.165) is 41.0 Å². The van der Waals surface area contributed by atoms with Gasteiger partial charge in [-0.1, -0.05) is 60.7 Å². The molecule has 0 atom stereocenters. The highest BCUT2D eigenvalue weighted by molar-refractivity contribution is 8.18. The van der Waals surface area contributed by atoms with Crippen LogP contribution in [0.15, 0.2) is 83.8 Å². The Kier molecular flexibility index (Phi) is 8.23. The molecule has 2 amide bonds. The highest BCUT2D eigenvalue weighted by Crippen LogP contribution is 2.35. The molecule has 1 aliphatic heterocycles. The van der Waals surface area contributed by atoms with Crippen LogP contribution in [0.3, 0.4) is 0 Å². The molecule has 6 nitrogen and oxygen atoms in total. The molecule has 36 heavy (non-hydrogen) atoms. The number of benzene rings is 3. The predicted molar refractivity (Wildman–Crippen MR) is 144 cm³/mol. The Hall–Kier alpha value is -3.84. The average molecular weight is 501 g/mol. The number of carbonyl (C=O) groups is 3. The molecule has 1 aliphatic rings. The van der Waals surface area contributed by atoms with Crippen LogP contribution in [0, 0.1) is 0 Å². The maximum absolute atomic E-state index is 13.1. The normalized spacial score (nSPS) is 14.4. The lowest BCUT2D eigenvalue weighted by atomic mass is 10.1. The zero-order valence-corrected chi connectivity index (χ0v) is 21.2. The van der Waals surface area contributed by atoms with Gasteiger partial charge in [-0.15, -0.1) is 0 Å². The number of amides is 2. The molecule has 0 aliphatic carbocycles. The summed E-state index contributed by atoms with van der Waals surface area (Å²) in [6.07, 6.45) is 1.67. The van der Waals surface area contributed by atoms with Crippen molar-refractivity contribution in [2.45, 2.75) is 20.5 Å². The third kappa shape index (κ3) is 5.86. The van der Waals surface area contributed by atoms with Crippen molar-refractivity contribution < 1.29 is 19.1 Å². The number of thioether (sulfide) groups is 1. The van der Waals surface area contributed by atoms with E-state index in [0.29, 0.717) is 23.5 Å². The van der Waals surface area contributed by atoms with Crippen molar-refractivity contribution in [2.75, 3.05) is 24.5 Å². The fourth-order valence-electron chi connectivity index (χ4n) is 3.92. The first-order chi connectivity index (χ1) is 17.5. The first-order valence-corrected chi connectivity index (χ1v) is 12.7. The van der Waals surface area contributed by atoms with Gasteiger partial charge in [0.1, 0.15) is 12.4 Å². The van der Waals surface area contributed by atoms with Crippen LogP contribution in [0.25, 0.3) is 6.08 Å². The summed E-state index contributed by atoms with van der Waals surface area (Å²) in [5.41, 5.74) is 3.20. The van der Waals surface area contributed by atoms with Crippen LogP contribution in [0.2, 0.25) is 0 Å². The standard InChI is InChI=1S/C29H28N2O4S/c1-3-30(4-2)24-16-15-23(26(18-24)35-20-21-11-7-5-8-12-21)17-27-28(33)31(29(34)36-27)19-25(32)22-13-9-6-10-14-22/h5-18H,3-4,19-20H2,1-2H3/b27-17+. The average Bonchev–Trinajstić information content (AvgIpc) is 3.17. The van der Waals surface area contributed by atoms with Crippen molar-refractivity contribution in [3.63, 3.8) is 0 Å². The van der Waals surface area contributed by atoms with Gasteiger partial charge in [0.05, 0.1) is 11.4 Å². The van der Waals surface area contributed by atoms with Gasteiger partial charge in [-0.3, -0.25) is 19.3 Å². The van der Waals surface area contributed by atoms with Crippen molar-refractivity contribution in [2.24, 2.45) is 0 Å². The topological polar surface area (TPSA) is 66.9 Å². The van der Waals surface area contributed by atoms with Crippen LogP contribution < -0.4 is 9.64 Å². The number of Topliss-reactive ketones (excluding diaryl/α,β-unsaturated/α-hetero) is 1. The lowest BCUT2D eigenvalue weighted by Crippen LogP contribution is -2.33. The fourth-order valence-corrected chi connectivity index (χ4v) is 4.75. The van der Waals surface area contributed by atoms with Gasteiger partial charge in [-0.25, -0.2) is 0 Å². The van der Waals surface area contributed by atoms with E-state index in [-0.39, 0.29) is 17.2 Å². The van der Waals surface area contributed by atoms with E-state index in [9.17, 15) is 14.4 Å². The molecular formula is C29H28N2O4S. The zero-order valence-electron chi connectivity index (χ0n) is 20.3. The minimum atomic E-state index is -0.476. The zero-order chi connectivity index (χ0) is 25.5. The first-order valence-electron chi connectivity index (χ1n) is 11.9. The molecule has 0 radical (unpaired) electrons. The molecule has 0 saturated carbocycles. The number of nitrogens with zero attached hydrogens (tertiary/aromatic N) is 2.